The molecular formula is C18H14N3O2S+. The average molecular weight is 336 g/mol. The summed E-state index contributed by atoms with van der Waals surface area (Å²) in [7, 11) is 0. The number of ketones is 1. The zero-order valence-electron chi connectivity index (χ0n) is 12.8. The van der Waals surface area contributed by atoms with Crippen LogP contribution in [0.1, 0.15) is 24.8 Å². The molecule has 5 aliphatic heterocycles. The van der Waals surface area contributed by atoms with Crippen molar-refractivity contribution >= 4 is 40.7 Å². The number of hydrogen-bond acceptors (Lipinski definition) is 5. The Balaban J connectivity index is 1.81. The molecule has 1 fully saturated rings. The van der Waals surface area contributed by atoms with Gasteiger partial charge in [0.05, 0.1) is 21.8 Å². The third kappa shape index (κ3) is 1.06. The Morgan fingerprint density at radius 2 is 2.33 bits per heavy atom. The summed E-state index contributed by atoms with van der Waals surface area (Å²) in [5.41, 5.74) is 3.89. The summed E-state index contributed by atoms with van der Waals surface area (Å²) in [5.74, 6) is 0.533. The van der Waals surface area contributed by atoms with Crippen LogP contribution < -0.4 is 20.5 Å². The molecule has 0 aromatic heterocycles. The van der Waals surface area contributed by atoms with E-state index in [0.29, 0.717) is 5.69 Å². The molecule has 1 saturated heterocycles. The number of allylic oxidation sites excluding steroid dienone is 1. The second kappa shape index (κ2) is 3.47. The van der Waals surface area contributed by atoms with Crippen molar-refractivity contribution in [2.24, 2.45) is 4.99 Å². The highest BCUT2D eigenvalue weighted by Gasteiger charge is 2.61. The normalized spacial score (nSPS) is 35.3. The molecule has 3 bridgehead atoms. The molecule has 1 aliphatic carbocycles. The quantitative estimate of drug-likeness (QED) is 0.536. The highest BCUT2D eigenvalue weighted by Crippen LogP contribution is 2.62. The molecule has 0 saturated carbocycles. The first kappa shape index (κ1) is 12.3. The van der Waals surface area contributed by atoms with Gasteiger partial charge in [0.1, 0.15) is 12.2 Å². The van der Waals surface area contributed by atoms with Gasteiger partial charge in [0.15, 0.2) is 5.75 Å². The van der Waals surface area contributed by atoms with Crippen molar-refractivity contribution in [3.8, 4) is 5.75 Å². The second-order valence-electron chi connectivity index (χ2n) is 7.57. The van der Waals surface area contributed by atoms with Crippen LogP contribution in [0.5, 0.6) is 5.75 Å². The Morgan fingerprint density at radius 3 is 3.25 bits per heavy atom. The molecule has 1 aromatic carbocycles. The summed E-state index contributed by atoms with van der Waals surface area (Å²) < 4.78 is 2.29. The van der Waals surface area contributed by atoms with E-state index in [1.165, 1.54) is 21.4 Å². The van der Waals surface area contributed by atoms with E-state index in [2.05, 4.69) is 14.9 Å². The van der Waals surface area contributed by atoms with E-state index in [4.69, 9.17) is 0 Å². The highest BCUT2D eigenvalue weighted by atomic mass is 32.2. The van der Waals surface area contributed by atoms with Crippen molar-refractivity contribution in [3.05, 3.63) is 27.1 Å². The van der Waals surface area contributed by atoms with Crippen LogP contribution in [0.4, 0.5) is 11.4 Å². The number of fused-ring (bicyclic) bond motifs is 3. The first-order chi connectivity index (χ1) is 11.7. The topological polar surface area (TPSA) is 64.7 Å². The smallest absolute Gasteiger partial charge is 0.223 e. The fourth-order valence-corrected chi connectivity index (χ4v) is 7.19. The molecule has 5 nitrogen and oxygen atoms in total. The molecule has 2 N–H and O–H groups in total. The van der Waals surface area contributed by atoms with Crippen LogP contribution in [-0.4, -0.2) is 35.1 Å². The monoisotopic (exact) mass is 336 g/mol. The second-order valence-corrected chi connectivity index (χ2v) is 8.81. The van der Waals surface area contributed by atoms with Crippen molar-refractivity contribution in [3.63, 3.8) is 0 Å². The van der Waals surface area contributed by atoms with Gasteiger partial charge in [-0.15, -0.1) is 11.8 Å². The number of benzene rings is 1. The van der Waals surface area contributed by atoms with E-state index < -0.39 is 0 Å². The van der Waals surface area contributed by atoms with E-state index >= 15 is 0 Å². The molecule has 24 heavy (non-hydrogen) atoms. The number of anilines is 1. The largest absolute Gasteiger partial charge is 0.504 e. The molecule has 1 aromatic rings. The van der Waals surface area contributed by atoms with Gasteiger partial charge in [-0.25, -0.2) is 4.58 Å². The van der Waals surface area contributed by atoms with Crippen LogP contribution in [0.15, 0.2) is 16.0 Å². The molecule has 0 unspecified atom stereocenters. The van der Waals surface area contributed by atoms with E-state index in [1.54, 1.807) is 11.8 Å². The van der Waals surface area contributed by atoms with Gasteiger partial charge in [0.25, 0.3) is 0 Å². The maximum absolute atomic E-state index is 12.8. The maximum Gasteiger partial charge on any atom is 0.223 e. The van der Waals surface area contributed by atoms with Gasteiger partial charge >= 0.3 is 0 Å². The van der Waals surface area contributed by atoms with E-state index in [9.17, 15) is 9.90 Å². The summed E-state index contributed by atoms with van der Waals surface area (Å²) in [5, 5.41) is 16.9. The average Bonchev–Trinajstić information content (AvgIpc) is 3.11. The number of carbonyl (C=O) groups excluding carboxylic acids is 1. The molecule has 7 rings (SSSR count). The number of phenols is 1. The van der Waals surface area contributed by atoms with Gasteiger partial charge in [-0.3, -0.25) is 9.79 Å². The lowest BCUT2D eigenvalue weighted by atomic mass is 9.64. The van der Waals surface area contributed by atoms with E-state index in [0.717, 1.165) is 36.7 Å². The van der Waals surface area contributed by atoms with Crippen molar-refractivity contribution in [1.82, 2.24) is 4.58 Å². The standard InChI is InChI=1S/C18H13N3O2S/c22-9-3-10-18-4-8(9)21-2-1-7-6-19-14-12(7)16(21)13(18)15(17(14)23)20-11(5-18)24-10/h3,6,8,11H,1-2,4-5H2,(H,19,20,23)/p+1/t8-,11-,18-/m0/s1. The number of rotatable bonds is 0. The predicted molar refractivity (Wildman–Crippen MR) is 92.4 cm³/mol. The number of carbonyl (C=O) groups is 1. The Bertz CT molecular complexity index is 1120. The molecule has 5 heterocycles. The molecular weight excluding hydrogens is 322 g/mol. The lowest BCUT2D eigenvalue weighted by Gasteiger charge is -2.42. The fraction of sp³-hybridized carbons (Fsp3) is 0.389. The van der Waals surface area contributed by atoms with Gasteiger partial charge in [0.2, 0.25) is 17.2 Å². The van der Waals surface area contributed by atoms with Gasteiger partial charge in [-0.05, 0) is 18.1 Å². The zero-order chi connectivity index (χ0) is 15.8. The lowest BCUT2D eigenvalue weighted by molar-refractivity contribution is -0.118. The van der Waals surface area contributed by atoms with Crippen LogP contribution in [-0.2, 0) is 10.2 Å². The number of hydrogen-bond donors (Lipinski definition) is 2. The molecule has 6 heteroatoms. The van der Waals surface area contributed by atoms with Crippen molar-refractivity contribution in [2.75, 3.05) is 11.9 Å². The number of aliphatic imine (C=N–C) groups is 1. The molecule has 1 spiro atoms. The molecule has 6 aliphatic rings. The SMILES string of the molecule is O=C1C=C2S[C@H]3C[C@@]24C[C@@H]1[N+]1=c2c4c(c(O)c4c2=C(C=N4)CC1)N3. The summed E-state index contributed by atoms with van der Waals surface area (Å²) in [6, 6.07) is -0.0534. The highest BCUT2D eigenvalue weighted by molar-refractivity contribution is 8.04. The van der Waals surface area contributed by atoms with Crippen LogP contribution in [0, 0.1) is 0 Å². The first-order valence-electron chi connectivity index (χ1n) is 8.47. The fourth-order valence-electron chi connectivity index (χ4n) is 5.66. The number of nitrogens with zero attached hydrogens (tertiary/aromatic N) is 2. The third-order valence-electron chi connectivity index (χ3n) is 6.58. The minimum absolute atomic E-state index is 0.0534. The number of phenolic OH excluding ortho intramolecular Hbond substituents is 1. The maximum atomic E-state index is 12.8. The van der Waals surface area contributed by atoms with Crippen molar-refractivity contribution in [1.29, 1.82) is 0 Å². The molecule has 0 radical (unpaired) electrons. The minimum Gasteiger partial charge on any atom is -0.504 e. The summed E-state index contributed by atoms with van der Waals surface area (Å²) in [6.07, 6.45) is 6.54. The Hall–Kier alpha value is -2.08. The van der Waals surface area contributed by atoms with Crippen LogP contribution in [0.25, 0.3) is 5.57 Å². The molecule has 3 atom stereocenters. The summed E-state index contributed by atoms with van der Waals surface area (Å²) in [6.45, 7) is 0.858. The summed E-state index contributed by atoms with van der Waals surface area (Å²) in [4.78, 5) is 18.5. The predicted octanol–water partition coefficient (Wildman–Crippen LogP) is 0.519. The van der Waals surface area contributed by atoms with Gasteiger partial charge in [-0.1, -0.05) is 0 Å². The van der Waals surface area contributed by atoms with Crippen LogP contribution in [0.3, 0.4) is 0 Å². The zero-order valence-corrected chi connectivity index (χ0v) is 13.6. The lowest BCUT2D eigenvalue weighted by Crippen LogP contribution is -2.63. The minimum atomic E-state index is -0.0854. The summed E-state index contributed by atoms with van der Waals surface area (Å²) >= 11 is 1.77. The van der Waals surface area contributed by atoms with Gasteiger partial charge < -0.3 is 10.4 Å². The van der Waals surface area contributed by atoms with Crippen molar-refractivity contribution < 1.29 is 9.90 Å². The van der Waals surface area contributed by atoms with Crippen LogP contribution >= 0.6 is 11.8 Å². The van der Waals surface area contributed by atoms with Gasteiger partial charge in [0, 0.05) is 29.4 Å². The molecule has 118 valence electrons. The number of aromatic hydroxyl groups is 1. The Labute approximate surface area is 141 Å². The number of thioether (sulfide) groups is 1. The molecule has 0 amide bonds. The Morgan fingerprint density at radius 1 is 1.42 bits per heavy atom. The van der Waals surface area contributed by atoms with Crippen molar-refractivity contribution in [2.45, 2.75) is 36.1 Å². The third-order valence-corrected chi connectivity index (χ3v) is 7.91. The Kier molecular flexibility index (Phi) is 1.78. The van der Waals surface area contributed by atoms with Gasteiger partial charge in [-0.2, -0.15) is 0 Å². The number of nitrogens with one attached hydrogen (secondary N) is 1. The van der Waals surface area contributed by atoms with E-state index in [1.807, 2.05) is 12.3 Å². The first-order valence-corrected chi connectivity index (χ1v) is 9.35. The van der Waals surface area contributed by atoms with Crippen LogP contribution in [0.2, 0.25) is 0 Å². The van der Waals surface area contributed by atoms with E-state index in [-0.39, 0.29) is 28.4 Å².